The first kappa shape index (κ1) is 11.9. The van der Waals surface area contributed by atoms with Crippen LogP contribution in [0.3, 0.4) is 0 Å². The number of aliphatic carboxylic acids is 1. The van der Waals surface area contributed by atoms with Crippen LogP contribution >= 0.6 is 0 Å². The van der Waals surface area contributed by atoms with Crippen molar-refractivity contribution in [2.24, 2.45) is 5.92 Å². The smallest absolute Gasteiger partial charge is 0.323 e. The van der Waals surface area contributed by atoms with Gasteiger partial charge in [-0.05, 0) is 20.8 Å². The topological polar surface area (TPSA) is 83.8 Å². The molecule has 76 valence electrons. The highest BCUT2D eigenvalue weighted by molar-refractivity contribution is 5.94. The Bertz CT molecular complexity index is 203. The predicted molar refractivity (Wildman–Crippen MR) is 44.1 cm³/mol. The quantitative estimate of drug-likeness (QED) is 0.484. The van der Waals surface area contributed by atoms with Gasteiger partial charge in [0.2, 0.25) is 0 Å². The molecule has 2 N–H and O–H groups in total. The van der Waals surface area contributed by atoms with Crippen molar-refractivity contribution in [2.75, 3.05) is 6.61 Å². The van der Waals surface area contributed by atoms with E-state index in [2.05, 4.69) is 0 Å². The second kappa shape index (κ2) is 4.23. The Labute approximate surface area is 76.3 Å². The van der Waals surface area contributed by atoms with E-state index in [9.17, 15) is 9.59 Å². The number of hydrogen-bond acceptors (Lipinski definition) is 4. The van der Waals surface area contributed by atoms with E-state index < -0.39 is 30.1 Å². The molecule has 0 aliphatic rings. The summed E-state index contributed by atoms with van der Waals surface area (Å²) in [6.45, 7) is 4.13. The van der Waals surface area contributed by atoms with Crippen LogP contribution in [0.1, 0.15) is 20.8 Å². The molecule has 0 saturated heterocycles. The molecule has 0 saturated carbocycles. The number of hydrogen-bond donors (Lipinski definition) is 2. The van der Waals surface area contributed by atoms with Gasteiger partial charge in [-0.3, -0.25) is 9.59 Å². The SMILES string of the molecule is CC(C)(C)OC(=O)[C@H](CO)C(=O)O. The molecular weight excluding hydrogens is 176 g/mol. The van der Waals surface area contributed by atoms with Gasteiger partial charge >= 0.3 is 11.9 Å². The number of ether oxygens (including phenoxy) is 1. The fourth-order valence-corrected chi connectivity index (χ4v) is 0.626. The van der Waals surface area contributed by atoms with Crippen molar-refractivity contribution in [2.45, 2.75) is 26.4 Å². The molecule has 0 unspecified atom stereocenters. The third-order valence-corrected chi connectivity index (χ3v) is 1.17. The summed E-state index contributed by atoms with van der Waals surface area (Å²) in [4.78, 5) is 21.5. The number of carbonyl (C=O) groups excluding carboxylic acids is 1. The fraction of sp³-hybridized carbons (Fsp3) is 0.750. The molecule has 1 atom stereocenters. The van der Waals surface area contributed by atoms with Crippen molar-refractivity contribution < 1.29 is 24.5 Å². The van der Waals surface area contributed by atoms with Crippen molar-refractivity contribution in [3.63, 3.8) is 0 Å². The number of carboxylic acids is 1. The van der Waals surface area contributed by atoms with E-state index >= 15 is 0 Å². The van der Waals surface area contributed by atoms with Crippen molar-refractivity contribution in [1.29, 1.82) is 0 Å². The minimum absolute atomic E-state index is 0.736. The van der Waals surface area contributed by atoms with E-state index in [1.54, 1.807) is 20.8 Å². The van der Waals surface area contributed by atoms with Crippen LogP contribution in [0.15, 0.2) is 0 Å². The lowest BCUT2D eigenvalue weighted by molar-refractivity contribution is -0.168. The number of aliphatic hydroxyl groups excluding tert-OH is 1. The molecule has 0 aliphatic carbocycles. The molecule has 0 amide bonds. The van der Waals surface area contributed by atoms with Gasteiger partial charge in [0.05, 0.1) is 6.61 Å². The van der Waals surface area contributed by atoms with Crippen LogP contribution in [-0.2, 0) is 14.3 Å². The van der Waals surface area contributed by atoms with Crippen LogP contribution in [0.5, 0.6) is 0 Å². The first-order valence-electron chi connectivity index (χ1n) is 3.84. The van der Waals surface area contributed by atoms with Crippen LogP contribution in [0.2, 0.25) is 0 Å². The normalized spacial score (nSPS) is 13.5. The first-order valence-corrected chi connectivity index (χ1v) is 3.84. The van der Waals surface area contributed by atoms with E-state index in [1.807, 2.05) is 0 Å². The van der Waals surface area contributed by atoms with Gasteiger partial charge in [0.15, 0.2) is 5.92 Å². The van der Waals surface area contributed by atoms with Crippen LogP contribution in [0.4, 0.5) is 0 Å². The molecule has 0 rings (SSSR count). The van der Waals surface area contributed by atoms with E-state index in [0.717, 1.165) is 0 Å². The molecular formula is C8H14O5. The molecule has 0 heterocycles. The molecule has 0 aliphatic heterocycles. The summed E-state index contributed by atoms with van der Waals surface area (Å²) >= 11 is 0. The number of rotatable bonds is 3. The third-order valence-electron chi connectivity index (χ3n) is 1.17. The number of carbonyl (C=O) groups is 2. The van der Waals surface area contributed by atoms with Crippen molar-refractivity contribution in [1.82, 2.24) is 0 Å². The Kier molecular flexibility index (Phi) is 3.87. The Morgan fingerprint density at radius 3 is 2.08 bits per heavy atom. The zero-order valence-corrected chi connectivity index (χ0v) is 7.90. The molecule has 0 bridgehead atoms. The third kappa shape index (κ3) is 4.47. The molecule has 0 aromatic carbocycles. The number of carboxylic acid groups (broad SMARTS) is 1. The predicted octanol–water partition coefficient (Wildman–Crippen LogP) is 0.0212. The van der Waals surface area contributed by atoms with Crippen LogP contribution in [0.25, 0.3) is 0 Å². The zero-order chi connectivity index (χ0) is 10.6. The maximum atomic E-state index is 11.1. The summed E-state index contributed by atoms with van der Waals surface area (Å²) in [6, 6.07) is 0. The zero-order valence-electron chi connectivity index (χ0n) is 7.90. The lowest BCUT2D eigenvalue weighted by Gasteiger charge is -2.21. The van der Waals surface area contributed by atoms with Crippen molar-refractivity contribution in [3.8, 4) is 0 Å². The first-order chi connectivity index (χ1) is 5.78. The lowest BCUT2D eigenvalue weighted by Crippen LogP contribution is -2.34. The van der Waals surface area contributed by atoms with Crippen molar-refractivity contribution in [3.05, 3.63) is 0 Å². The fourth-order valence-electron chi connectivity index (χ4n) is 0.626. The highest BCUT2D eigenvalue weighted by Gasteiger charge is 2.30. The van der Waals surface area contributed by atoms with Crippen LogP contribution in [-0.4, -0.2) is 34.4 Å². The maximum Gasteiger partial charge on any atom is 0.323 e. The molecule has 0 fully saturated rings. The van der Waals surface area contributed by atoms with Crippen molar-refractivity contribution >= 4 is 11.9 Å². The Morgan fingerprint density at radius 1 is 1.38 bits per heavy atom. The van der Waals surface area contributed by atoms with Gasteiger partial charge in [-0.1, -0.05) is 0 Å². The average Bonchev–Trinajstić information content (AvgIpc) is 1.82. The summed E-state index contributed by atoms with van der Waals surface area (Å²) in [5.41, 5.74) is -0.736. The summed E-state index contributed by atoms with van der Waals surface area (Å²) in [5.74, 6) is -3.78. The molecule has 13 heavy (non-hydrogen) atoms. The highest BCUT2D eigenvalue weighted by atomic mass is 16.6. The van der Waals surface area contributed by atoms with Crippen LogP contribution in [0, 0.1) is 5.92 Å². The maximum absolute atomic E-state index is 11.1. The second-order valence-corrected chi connectivity index (χ2v) is 3.61. The van der Waals surface area contributed by atoms with E-state index in [-0.39, 0.29) is 0 Å². The minimum Gasteiger partial charge on any atom is -0.481 e. The van der Waals surface area contributed by atoms with E-state index in [4.69, 9.17) is 14.9 Å². The molecule has 5 nitrogen and oxygen atoms in total. The molecule has 5 heteroatoms. The summed E-state index contributed by atoms with van der Waals surface area (Å²) in [6.07, 6.45) is 0. The Morgan fingerprint density at radius 2 is 1.85 bits per heavy atom. The summed E-state index contributed by atoms with van der Waals surface area (Å²) in [5, 5.41) is 17.1. The summed E-state index contributed by atoms with van der Waals surface area (Å²) in [7, 11) is 0. The van der Waals surface area contributed by atoms with Gasteiger partial charge in [-0.2, -0.15) is 0 Å². The monoisotopic (exact) mass is 190 g/mol. The Balaban J connectivity index is 4.32. The molecule has 0 aromatic rings. The van der Waals surface area contributed by atoms with Crippen LogP contribution < -0.4 is 0 Å². The van der Waals surface area contributed by atoms with Gasteiger partial charge in [0.25, 0.3) is 0 Å². The van der Waals surface area contributed by atoms with Gasteiger partial charge < -0.3 is 14.9 Å². The van der Waals surface area contributed by atoms with Gasteiger partial charge in [-0.15, -0.1) is 0 Å². The van der Waals surface area contributed by atoms with Gasteiger partial charge in [0.1, 0.15) is 5.60 Å². The van der Waals surface area contributed by atoms with E-state index in [1.165, 1.54) is 0 Å². The molecule has 0 aromatic heterocycles. The number of esters is 1. The molecule has 0 radical (unpaired) electrons. The van der Waals surface area contributed by atoms with Gasteiger partial charge in [0, 0.05) is 0 Å². The summed E-state index contributed by atoms with van der Waals surface area (Å²) < 4.78 is 4.77. The lowest BCUT2D eigenvalue weighted by atomic mass is 10.1. The van der Waals surface area contributed by atoms with Gasteiger partial charge in [-0.25, -0.2) is 0 Å². The standard InChI is InChI=1S/C8H14O5/c1-8(2,3)13-7(12)5(4-9)6(10)11/h5,9H,4H2,1-3H3,(H,10,11)/t5-/m1/s1. The largest absolute Gasteiger partial charge is 0.481 e. The average molecular weight is 190 g/mol. The molecule has 0 spiro atoms. The minimum atomic E-state index is -1.49. The van der Waals surface area contributed by atoms with E-state index in [0.29, 0.717) is 0 Å². The second-order valence-electron chi connectivity index (χ2n) is 3.61. The Hall–Kier alpha value is -1.10. The number of aliphatic hydroxyl groups is 1. The highest BCUT2D eigenvalue weighted by Crippen LogP contribution is 2.11.